The lowest BCUT2D eigenvalue weighted by Crippen LogP contribution is -2.39. The van der Waals surface area contributed by atoms with E-state index in [0.29, 0.717) is 13.0 Å². The first kappa shape index (κ1) is 24.8. The van der Waals surface area contributed by atoms with Gasteiger partial charge in [-0.2, -0.15) is 5.26 Å². The van der Waals surface area contributed by atoms with Gasteiger partial charge in [-0.3, -0.25) is 9.88 Å². The molecule has 1 atom stereocenters. The van der Waals surface area contributed by atoms with Crippen LogP contribution in [0.4, 0.5) is 0 Å². The highest BCUT2D eigenvalue weighted by atomic mass is 79.9. The van der Waals surface area contributed by atoms with Gasteiger partial charge in [-0.1, -0.05) is 29.3 Å². The van der Waals surface area contributed by atoms with Gasteiger partial charge >= 0.3 is 0 Å². The first-order valence-corrected chi connectivity index (χ1v) is 13.2. The quantitative estimate of drug-likeness (QED) is 0.357. The van der Waals surface area contributed by atoms with Gasteiger partial charge in [0.1, 0.15) is 17.5 Å². The number of nitrogens with zero attached hydrogens (tertiary/aromatic N) is 3. The third kappa shape index (κ3) is 4.88. The molecule has 1 fully saturated rings. The van der Waals surface area contributed by atoms with Crippen LogP contribution in [0, 0.1) is 11.3 Å². The van der Waals surface area contributed by atoms with Gasteiger partial charge in [0.2, 0.25) is 0 Å². The molecule has 7 heteroatoms. The van der Waals surface area contributed by atoms with E-state index in [4.69, 9.17) is 26.1 Å². The molecule has 2 aromatic carbocycles. The van der Waals surface area contributed by atoms with Crippen molar-refractivity contribution in [3.8, 4) is 17.6 Å². The molecule has 1 unspecified atom stereocenters. The molecule has 2 heterocycles. The third-order valence-corrected chi connectivity index (χ3v) is 7.79. The Labute approximate surface area is 225 Å². The van der Waals surface area contributed by atoms with Gasteiger partial charge in [0.05, 0.1) is 26.0 Å². The largest absolute Gasteiger partial charge is 0.497 e. The highest BCUT2D eigenvalue weighted by molar-refractivity contribution is 9.10. The summed E-state index contributed by atoms with van der Waals surface area (Å²) < 4.78 is 11.9. The number of likely N-dealkylation sites (tertiary alicyclic amines) is 1. The molecule has 5 nitrogen and oxygen atoms in total. The molecule has 1 saturated heterocycles. The molecule has 0 amide bonds. The van der Waals surface area contributed by atoms with E-state index in [2.05, 4.69) is 45.1 Å². The second kappa shape index (κ2) is 10.6. The zero-order chi connectivity index (χ0) is 25.2. The van der Waals surface area contributed by atoms with E-state index in [0.717, 1.165) is 58.1 Å². The van der Waals surface area contributed by atoms with Crippen LogP contribution >= 0.6 is 27.5 Å². The monoisotopic (exact) mass is 563 g/mol. The van der Waals surface area contributed by atoms with Crippen LogP contribution in [0.5, 0.6) is 11.5 Å². The fourth-order valence-corrected chi connectivity index (χ4v) is 5.88. The first-order chi connectivity index (χ1) is 17.5. The van der Waals surface area contributed by atoms with Gasteiger partial charge < -0.3 is 9.47 Å². The molecule has 0 N–H and O–H groups in total. The second-order valence-electron chi connectivity index (χ2n) is 9.19. The molecule has 1 aromatic heterocycles. The van der Waals surface area contributed by atoms with E-state index >= 15 is 0 Å². The van der Waals surface area contributed by atoms with Crippen molar-refractivity contribution in [2.45, 2.75) is 38.3 Å². The summed E-state index contributed by atoms with van der Waals surface area (Å²) in [5, 5.41) is 10.9. The van der Waals surface area contributed by atoms with Crippen molar-refractivity contribution in [1.29, 1.82) is 5.26 Å². The van der Waals surface area contributed by atoms with Gasteiger partial charge in [0, 0.05) is 46.0 Å². The van der Waals surface area contributed by atoms with Crippen molar-refractivity contribution < 1.29 is 9.47 Å². The Kier molecular flexibility index (Phi) is 7.34. The predicted molar refractivity (Wildman–Crippen MR) is 145 cm³/mol. The van der Waals surface area contributed by atoms with Crippen molar-refractivity contribution in [2.24, 2.45) is 0 Å². The van der Waals surface area contributed by atoms with Gasteiger partial charge in [-0.05, 0) is 82.6 Å². The van der Waals surface area contributed by atoms with Crippen molar-refractivity contribution in [1.82, 2.24) is 9.88 Å². The molecular weight excluding hydrogens is 538 g/mol. The third-order valence-electron chi connectivity index (χ3n) is 7.12. The summed E-state index contributed by atoms with van der Waals surface area (Å²) in [5.74, 6) is 1.52. The minimum absolute atomic E-state index is 0.244. The molecule has 0 saturated carbocycles. The number of aryl methyl sites for hydroxylation is 2. The van der Waals surface area contributed by atoms with Crippen molar-refractivity contribution in [3.63, 3.8) is 0 Å². The van der Waals surface area contributed by atoms with Crippen molar-refractivity contribution >= 4 is 33.1 Å². The molecular formula is C29H27BrClN3O2. The van der Waals surface area contributed by atoms with E-state index in [1.807, 2.05) is 30.5 Å². The number of nitriles is 1. The molecule has 184 valence electrons. The normalized spacial score (nSPS) is 19.6. The van der Waals surface area contributed by atoms with E-state index in [-0.39, 0.29) is 6.04 Å². The summed E-state index contributed by atoms with van der Waals surface area (Å²) in [5.41, 5.74) is 8.16. The Hall–Kier alpha value is -2.85. The van der Waals surface area contributed by atoms with E-state index < -0.39 is 0 Å². The number of halogens is 2. The highest BCUT2D eigenvalue weighted by Gasteiger charge is 2.30. The topological polar surface area (TPSA) is 58.4 Å². The smallest absolute Gasteiger partial charge is 0.127 e. The average molecular weight is 565 g/mol. The zero-order valence-corrected chi connectivity index (χ0v) is 22.7. The molecule has 0 bridgehead atoms. The molecule has 0 radical (unpaired) electrons. The Bertz CT molecular complexity index is 1330. The minimum Gasteiger partial charge on any atom is -0.497 e. The Morgan fingerprint density at radius 1 is 1.08 bits per heavy atom. The lowest BCUT2D eigenvalue weighted by Gasteiger charge is -2.34. The number of pyridine rings is 1. The van der Waals surface area contributed by atoms with E-state index in [1.165, 1.54) is 27.8 Å². The van der Waals surface area contributed by atoms with Crippen LogP contribution in [-0.4, -0.2) is 36.7 Å². The molecule has 3 aromatic rings. The number of hydrogen-bond acceptors (Lipinski definition) is 5. The molecule has 1 aliphatic heterocycles. The molecule has 5 rings (SSSR count). The molecule has 36 heavy (non-hydrogen) atoms. The van der Waals surface area contributed by atoms with Gasteiger partial charge in [0.25, 0.3) is 0 Å². The zero-order valence-electron chi connectivity index (χ0n) is 20.4. The number of hydrogen-bond donors (Lipinski definition) is 0. The highest BCUT2D eigenvalue weighted by Crippen LogP contribution is 2.40. The summed E-state index contributed by atoms with van der Waals surface area (Å²) in [7, 11) is 3.31. The van der Waals surface area contributed by atoms with Crippen molar-refractivity contribution in [3.05, 3.63) is 91.7 Å². The number of ether oxygens (including phenoxy) is 2. The van der Waals surface area contributed by atoms with Gasteiger partial charge in [-0.25, -0.2) is 0 Å². The van der Waals surface area contributed by atoms with Crippen LogP contribution in [-0.2, 0) is 19.4 Å². The first-order valence-electron chi connectivity index (χ1n) is 12.0. The maximum absolute atomic E-state index is 10.2. The fourth-order valence-electron chi connectivity index (χ4n) is 5.31. The second-order valence-corrected chi connectivity index (χ2v) is 10.5. The molecule has 0 spiro atoms. The van der Waals surface area contributed by atoms with Crippen LogP contribution in [0.3, 0.4) is 0 Å². The van der Waals surface area contributed by atoms with Crippen LogP contribution in [0.1, 0.15) is 40.8 Å². The number of benzene rings is 2. The summed E-state index contributed by atoms with van der Waals surface area (Å²) in [4.78, 5) is 7.11. The van der Waals surface area contributed by atoms with Crippen LogP contribution in [0.15, 0.2) is 58.7 Å². The minimum atomic E-state index is -0.244. The van der Waals surface area contributed by atoms with Gasteiger partial charge in [-0.15, -0.1) is 0 Å². The maximum Gasteiger partial charge on any atom is 0.127 e. The predicted octanol–water partition coefficient (Wildman–Crippen LogP) is 6.60. The number of aromatic nitrogens is 1. The standard InChI is InChI=1S/C29H27BrClN3O2/c1-35-25-7-5-21(27(14-25)36-2)17-34-10-9-19(13-24(34)15-32)28-26-8-6-23(31)12-18(26)3-4-20-11-22(30)16-33-29(20)28/h5-8,11-12,14,16,24H,3-4,9-10,13,17H2,1-2H3/b28-19+. The maximum atomic E-state index is 10.2. The van der Waals surface area contributed by atoms with Gasteiger partial charge in [0.15, 0.2) is 0 Å². The number of methoxy groups -OCH3 is 2. The van der Waals surface area contributed by atoms with E-state index in [9.17, 15) is 5.26 Å². The SMILES string of the molecule is COc1ccc(CN2CC/C(=C3/c4ccc(Cl)cc4CCc4cc(Br)cnc43)CC2C#N)c(OC)c1. The van der Waals surface area contributed by atoms with Crippen LogP contribution in [0.2, 0.25) is 5.02 Å². The Morgan fingerprint density at radius 3 is 2.69 bits per heavy atom. The Morgan fingerprint density at radius 2 is 1.92 bits per heavy atom. The Balaban J connectivity index is 1.52. The fraction of sp³-hybridized carbons (Fsp3) is 0.310. The number of rotatable bonds is 4. The molecule has 2 aliphatic rings. The summed E-state index contributed by atoms with van der Waals surface area (Å²) >= 11 is 9.97. The number of fused-ring (bicyclic) bond motifs is 2. The summed E-state index contributed by atoms with van der Waals surface area (Å²) in [6.45, 7) is 1.42. The van der Waals surface area contributed by atoms with E-state index in [1.54, 1.807) is 14.2 Å². The lowest BCUT2D eigenvalue weighted by molar-refractivity contribution is 0.200. The van der Waals surface area contributed by atoms with Crippen LogP contribution in [0.25, 0.3) is 5.57 Å². The summed E-state index contributed by atoms with van der Waals surface area (Å²) in [6, 6.07) is 16.5. The number of piperidine rings is 1. The molecule has 1 aliphatic carbocycles. The van der Waals surface area contributed by atoms with Crippen molar-refractivity contribution in [2.75, 3.05) is 20.8 Å². The average Bonchev–Trinajstić information content (AvgIpc) is 3.05. The van der Waals surface area contributed by atoms with Crippen LogP contribution < -0.4 is 9.47 Å². The lowest BCUT2D eigenvalue weighted by atomic mass is 9.86. The summed E-state index contributed by atoms with van der Waals surface area (Å²) in [6.07, 6.45) is 5.21.